The van der Waals surface area contributed by atoms with Crippen LogP contribution in [-0.4, -0.2) is 62.7 Å². The average molecular weight is 466 g/mol. The van der Waals surface area contributed by atoms with Gasteiger partial charge in [0.15, 0.2) is 0 Å². The summed E-state index contributed by atoms with van der Waals surface area (Å²) in [6.07, 6.45) is 1.40. The van der Waals surface area contributed by atoms with Gasteiger partial charge in [0.2, 0.25) is 16.0 Å². The fraction of sp³-hybridized carbons (Fsp3) is 0.350. The van der Waals surface area contributed by atoms with E-state index in [1.54, 1.807) is 13.2 Å². The summed E-state index contributed by atoms with van der Waals surface area (Å²) >= 11 is 0. The number of nitrogens with one attached hydrogen (secondary N) is 3. The number of carbonyl (C=O) groups excluding carboxylic acids is 1. The number of guanidine groups is 1. The quantitative estimate of drug-likeness (QED) is 0.528. The van der Waals surface area contributed by atoms with Crippen LogP contribution in [0.15, 0.2) is 36.5 Å². The first kappa shape index (κ1) is 23.4. The minimum Gasteiger partial charge on any atom is -0.490 e. The van der Waals surface area contributed by atoms with Crippen LogP contribution in [0.3, 0.4) is 0 Å². The summed E-state index contributed by atoms with van der Waals surface area (Å²) in [7, 11) is -1.01. The molecule has 1 fully saturated rings. The van der Waals surface area contributed by atoms with Crippen molar-refractivity contribution in [2.45, 2.75) is 12.5 Å². The first-order chi connectivity index (χ1) is 15.1. The number of rotatable bonds is 7. The van der Waals surface area contributed by atoms with E-state index in [4.69, 9.17) is 14.9 Å². The lowest BCUT2D eigenvalue weighted by Gasteiger charge is -2.40. The van der Waals surface area contributed by atoms with Crippen molar-refractivity contribution in [2.75, 3.05) is 38.4 Å². The third-order valence-corrected chi connectivity index (χ3v) is 6.90. The largest absolute Gasteiger partial charge is 0.490 e. The standard InChI is InChI=1S/C20H24FN5O5S/c1-20(12-32(28,29)26(2)19(22)25-20)15-10-13(4-6-16(15)21)24-18(27)17-7-5-14(11-23-17)31-9-8-30-3/h4-7,10-11H,8-9,12H2,1-3H3,(H2,22,25)(H,24,27)/t20-/m0/s1. The van der Waals surface area contributed by atoms with Gasteiger partial charge in [-0.15, -0.1) is 0 Å². The first-order valence-electron chi connectivity index (χ1n) is 9.58. The maximum Gasteiger partial charge on any atom is 0.274 e. The normalized spacial score (nSPS) is 19.9. The molecule has 1 aromatic heterocycles. The van der Waals surface area contributed by atoms with Gasteiger partial charge in [-0.3, -0.25) is 10.2 Å². The predicted octanol–water partition coefficient (Wildman–Crippen LogP) is 1.51. The summed E-state index contributed by atoms with van der Waals surface area (Å²) in [4.78, 5) is 16.6. The van der Waals surface area contributed by atoms with Gasteiger partial charge in [0.25, 0.3) is 5.91 Å². The smallest absolute Gasteiger partial charge is 0.274 e. The zero-order valence-corrected chi connectivity index (χ0v) is 18.6. The Balaban J connectivity index is 1.79. The minimum atomic E-state index is -3.81. The van der Waals surface area contributed by atoms with Gasteiger partial charge in [0, 0.05) is 25.4 Å². The average Bonchev–Trinajstić information content (AvgIpc) is 2.73. The van der Waals surface area contributed by atoms with Gasteiger partial charge in [-0.1, -0.05) is 0 Å². The van der Waals surface area contributed by atoms with Crippen molar-refractivity contribution in [3.8, 4) is 5.75 Å². The molecule has 1 amide bonds. The van der Waals surface area contributed by atoms with Gasteiger partial charge in [-0.2, -0.15) is 0 Å². The molecule has 1 atom stereocenters. The number of hydrogen-bond donors (Lipinski definition) is 3. The van der Waals surface area contributed by atoms with E-state index < -0.39 is 33.0 Å². The number of aromatic nitrogens is 1. The number of ether oxygens (including phenoxy) is 2. The summed E-state index contributed by atoms with van der Waals surface area (Å²) in [5.74, 6) is -1.55. The molecule has 0 unspecified atom stereocenters. The van der Waals surface area contributed by atoms with Crippen LogP contribution in [0, 0.1) is 11.2 Å². The Morgan fingerprint density at radius 1 is 1.34 bits per heavy atom. The van der Waals surface area contributed by atoms with Crippen molar-refractivity contribution in [2.24, 2.45) is 0 Å². The van der Waals surface area contributed by atoms with Crippen LogP contribution in [0.25, 0.3) is 0 Å². The van der Waals surface area contributed by atoms with Gasteiger partial charge in [0.1, 0.15) is 23.9 Å². The summed E-state index contributed by atoms with van der Waals surface area (Å²) in [5, 5.41) is 13.3. The lowest BCUT2D eigenvalue weighted by Crippen LogP contribution is -2.61. The van der Waals surface area contributed by atoms with Gasteiger partial charge < -0.3 is 20.1 Å². The molecule has 0 spiro atoms. The monoisotopic (exact) mass is 465 g/mol. The zero-order valence-electron chi connectivity index (χ0n) is 17.8. The molecule has 3 N–H and O–H groups in total. The Bertz CT molecular complexity index is 1130. The van der Waals surface area contributed by atoms with Crippen LogP contribution in [0.1, 0.15) is 23.0 Å². The number of halogens is 1. The number of amides is 1. The molecule has 0 radical (unpaired) electrons. The van der Waals surface area contributed by atoms with Crippen molar-refractivity contribution >= 4 is 27.6 Å². The number of methoxy groups -OCH3 is 1. The highest BCUT2D eigenvalue weighted by atomic mass is 32.2. The summed E-state index contributed by atoms with van der Waals surface area (Å²) in [5.41, 5.74) is -1.03. The topological polar surface area (TPSA) is 134 Å². The zero-order chi connectivity index (χ0) is 23.5. The number of sulfonamides is 1. The molecular weight excluding hydrogens is 441 g/mol. The van der Waals surface area contributed by atoms with E-state index in [2.05, 4.69) is 15.6 Å². The van der Waals surface area contributed by atoms with Crippen LogP contribution < -0.4 is 15.4 Å². The third kappa shape index (κ3) is 4.97. The van der Waals surface area contributed by atoms with Gasteiger partial charge in [0.05, 0.1) is 24.1 Å². The molecule has 10 nitrogen and oxygen atoms in total. The molecule has 0 aliphatic carbocycles. The molecule has 172 valence electrons. The molecule has 3 rings (SSSR count). The highest BCUT2D eigenvalue weighted by Gasteiger charge is 2.43. The predicted molar refractivity (Wildman–Crippen MR) is 116 cm³/mol. The Hall–Kier alpha value is -3.25. The van der Waals surface area contributed by atoms with E-state index in [0.717, 1.165) is 10.4 Å². The van der Waals surface area contributed by atoms with Crippen LogP contribution in [0.5, 0.6) is 5.75 Å². The second kappa shape index (κ2) is 9.09. The third-order valence-electron chi connectivity index (χ3n) is 4.94. The van der Waals surface area contributed by atoms with Gasteiger partial charge in [-0.25, -0.2) is 22.1 Å². The molecule has 1 aliphatic rings. The maximum absolute atomic E-state index is 14.6. The lowest BCUT2D eigenvalue weighted by molar-refractivity contribution is 0.102. The Morgan fingerprint density at radius 3 is 2.72 bits per heavy atom. The van der Waals surface area contributed by atoms with Crippen LogP contribution >= 0.6 is 0 Å². The van der Waals surface area contributed by atoms with E-state index in [0.29, 0.717) is 19.0 Å². The van der Waals surface area contributed by atoms with E-state index >= 15 is 0 Å². The molecule has 0 saturated carbocycles. The number of anilines is 1. The Kier molecular flexibility index (Phi) is 6.65. The molecule has 0 bridgehead atoms. The molecule has 1 aliphatic heterocycles. The summed E-state index contributed by atoms with van der Waals surface area (Å²) in [6, 6.07) is 6.91. The Morgan fingerprint density at radius 2 is 2.09 bits per heavy atom. The van der Waals surface area contributed by atoms with Crippen LogP contribution in [0.4, 0.5) is 10.1 Å². The maximum atomic E-state index is 14.6. The van der Waals surface area contributed by atoms with Crippen molar-refractivity contribution in [1.82, 2.24) is 14.6 Å². The van der Waals surface area contributed by atoms with Crippen molar-refractivity contribution < 1.29 is 27.1 Å². The van der Waals surface area contributed by atoms with E-state index in [-0.39, 0.29) is 22.9 Å². The highest BCUT2D eigenvalue weighted by molar-refractivity contribution is 7.89. The second-order valence-electron chi connectivity index (χ2n) is 7.40. The van der Waals surface area contributed by atoms with Crippen molar-refractivity contribution in [3.63, 3.8) is 0 Å². The van der Waals surface area contributed by atoms with Gasteiger partial charge >= 0.3 is 0 Å². The first-order valence-corrected chi connectivity index (χ1v) is 11.2. The van der Waals surface area contributed by atoms with Crippen molar-refractivity contribution in [3.05, 3.63) is 53.6 Å². The summed E-state index contributed by atoms with van der Waals surface area (Å²) < 4.78 is 50.5. The second-order valence-corrected chi connectivity index (χ2v) is 9.40. The number of benzene rings is 1. The highest BCUT2D eigenvalue weighted by Crippen LogP contribution is 2.31. The Labute approximate surface area is 185 Å². The number of pyridine rings is 1. The van der Waals surface area contributed by atoms with Gasteiger partial charge in [-0.05, 0) is 37.3 Å². The van der Waals surface area contributed by atoms with Crippen LogP contribution in [-0.2, 0) is 20.3 Å². The molecule has 32 heavy (non-hydrogen) atoms. The molecule has 2 heterocycles. The minimum absolute atomic E-state index is 0.00609. The molecule has 2 aromatic rings. The van der Waals surface area contributed by atoms with Crippen LogP contribution in [0.2, 0.25) is 0 Å². The fourth-order valence-corrected chi connectivity index (χ4v) is 4.66. The number of carbonyl (C=O) groups is 1. The number of nitrogens with zero attached hydrogens (tertiary/aromatic N) is 2. The summed E-state index contributed by atoms with van der Waals surface area (Å²) in [6.45, 7) is 2.25. The van der Waals surface area contributed by atoms with E-state index in [9.17, 15) is 17.6 Å². The SMILES string of the molecule is COCCOc1ccc(C(=O)Nc2ccc(F)c([C@]3(C)CS(=O)(=O)N(C)C(=N)N3)c2)nc1. The lowest BCUT2D eigenvalue weighted by atomic mass is 9.93. The van der Waals surface area contributed by atoms with E-state index in [1.165, 1.54) is 38.4 Å². The van der Waals surface area contributed by atoms with Crippen molar-refractivity contribution in [1.29, 1.82) is 5.41 Å². The van der Waals surface area contributed by atoms with E-state index in [1.807, 2.05) is 0 Å². The number of hydrogen-bond acceptors (Lipinski definition) is 7. The molecule has 12 heteroatoms. The molecular formula is C20H24FN5O5S. The fourth-order valence-electron chi connectivity index (χ4n) is 3.19. The molecule has 1 aromatic carbocycles. The molecule has 1 saturated heterocycles.